The van der Waals surface area contributed by atoms with Crippen LogP contribution in [0.15, 0.2) is 71.5 Å². The van der Waals surface area contributed by atoms with Gasteiger partial charge in [-0.3, -0.25) is 0 Å². The predicted molar refractivity (Wildman–Crippen MR) is 128 cm³/mol. The van der Waals surface area contributed by atoms with Gasteiger partial charge in [-0.15, -0.1) is 0 Å². The molecule has 3 nitrogen and oxygen atoms in total. The maximum absolute atomic E-state index is 9.88. The molecule has 5 rings (SSSR count). The molecule has 1 N–H and O–H groups in total. The highest BCUT2D eigenvalue weighted by Gasteiger charge is 2.42. The number of phenolic OH excluding ortho intramolecular Hbond substituents is 1. The second-order valence-corrected chi connectivity index (χ2v) is 9.44. The Morgan fingerprint density at radius 1 is 1.16 bits per heavy atom. The second-order valence-electron chi connectivity index (χ2n) is 9.44. The van der Waals surface area contributed by atoms with E-state index < -0.39 is 0 Å². The molecule has 2 aliphatic heterocycles. The molecule has 1 unspecified atom stereocenters. The van der Waals surface area contributed by atoms with Gasteiger partial charge >= 0.3 is 0 Å². The first-order valence-electron chi connectivity index (χ1n) is 11.5. The average Bonchev–Trinajstić information content (AvgIpc) is 2.98. The van der Waals surface area contributed by atoms with Crippen molar-refractivity contribution in [1.82, 2.24) is 0 Å². The Morgan fingerprint density at radius 2 is 2.00 bits per heavy atom. The zero-order chi connectivity index (χ0) is 21.6. The molecular formula is C28H31NO2. The van der Waals surface area contributed by atoms with Crippen molar-refractivity contribution in [2.75, 3.05) is 11.4 Å². The Hall–Kier alpha value is -2.94. The minimum atomic E-state index is 0.0483. The fraction of sp³-hybridized carbons (Fsp3) is 0.357. The van der Waals surface area contributed by atoms with Gasteiger partial charge in [-0.05, 0) is 66.7 Å². The minimum absolute atomic E-state index is 0.0483. The molecule has 0 radical (unpaired) electrons. The predicted octanol–water partition coefficient (Wildman–Crippen LogP) is 6.74. The lowest BCUT2D eigenvalue weighted by Crippen LogP contribution is -2.40. The maximum atomic E-state index is 9.88. The summed E-state index contributed by atoms with van der Waals surface area (Å²) in [4.78, 5) is 2.56. The summed E-state index contributed by atoms with van der Waals surface area (Å²) in [7, 11) is 0. The van der Waals surface area contributed by atoms with Crippen molar-refractivity contribution >= 4 is 11.8 Å². The number of ether oxygens (including phenoxy) is 1. The first-order chi connectivity index (χ1) is 15.0. The highest BCUT2D eigenvalue weighted by molar-refractivity contribution is 5.69. The van der Waals surface area contributed by atoms with E-state index in [0.717, 1.165) is 49.3 Å². The number of phenols is 1. The van der Waals surface area contributed by atoms with Crippen LogP contribution in [0.2, 0.25) is 0 Å². The van der Waals surface area contributed by atoms with Crippen LogP contribution >= 0.6 is 0 Å². The highest BCUT2D eigenvalue weighted by atomic mass is 16.5. The van der Waals surface area contributed by atoms with Gasteiger partial charge in [0.15, 0.2) is 0 Å². The Bertz CT molecular complexity index is 1110. The van der Waals surface area contributed by atoms with Crippen LogP contribution in [0.3, 0.4) is 0 Å². The summed E-state index contributed by atoms with van der Waals surface area (Å²) in [6.45, 7) is 8.02. The van der Waals surface area contributed by atoms with Crippen molar-refractivity contribution in [3.05, 3.63) is 82.6 Å². The summed E-state index contributed by atoms with van der Waals surface area (Å²) >= 11 is 0. The molecule has 0 saturated carbocycles. The van der Waals surface area contributed by atoms with E-state index in [0.29, 0.717) is 6.04 Å². The van der Waals surface area contributed by atoms with Crippen molar-refractivity contribution in [2.45, 2.75) is 57.9 Å². The standard InChI is InChI=1S/C28H31NO2/c1-4-16-29-24-11-6-5-10-23(24)28(2,3)26(29)15-13-19-8-7-9-21-17-20-12-14-22(30)18-25(20)31-27(19)21/h5-6,10-15,17-18,26,30H,4,7-9,16H2,1-3H3/b15-13+. The van der Waals surface area contributed by atoms with Crippen molar-refractivity contribution in [2.24, 2.45) is 0 Å². The van der Waals surface area contributed by atoms with E-state index in [2.05, 4.69) is 68.2 Å². The molecule has 0 bridgehead atoms. The van der Waals surface area contributed by atoms with Crippen LogP contribution < -0.4 is 9.64 Å². The van der Waals surface area contributed by atoms with Crippen LogP contribution in [0.4, 0.5) is 5.69 Å². The summed E-state index contributed by atoms with van der Waals surface area (Å²) in [5, 5.41) is 9.88. The van der Waals surface area contributed by atoms with E-state index in [-0.39, 0.29) is 11.2 Å². The van der Waals surface area contributed by atoms with Gasteiger partial charge in [-0.1, -0.05) is 51.1 Å². The molecule has 0 amide bonds. The maximum Gasteiger partial charge on any atom is 0.138 e. The largest absolute Gasteiger partial charge is 0.508 e. The number of nitrogens with zero attached hydrogens (tertiary/aromatic N) is 1. The van der Waals surface area contributed by atoms with Crippen molar-refractivity contribution in [3.63, 3.8) is 0 Å². The van der Waals surface area contributed by atoms with E-state index in [4.69, 9.17) is 4.74 Å². The van der Waals surface area contributed by atoms with E-state index >= 15 is 0 Å². The van der Waals surface area contributed by atoms with Gasteiger partial charge in [0.05, 0.1) is 6.04 Å². The van der Waals surface area contributed by atoms with Gasteiger partial charge in [0, 0.05) is 29.3 Å². The number of hydrogen-bond donors (Lipinski definition) is 1. The van der Waals surface area contributed by atoms with E-state index in [1.54, 1.807) is 12.1 Å². The number of fused-ring (bicyclic) bond motifs is 3. The molecule has 2 aromatic carbocycles. The lowest BCUT2D eigenvalue weighted by Gasteiger charge is -2.33. The number of rotatable bonds is 4. The fourth-order valence-electron chi connectivity index (χ4n) is 5.38. The van der Waals surface area contributed by atoms with E-state index in [9.17, 15) is 5.11 Å². The van der Waals surface area contributed by atoms with Crippen LogP contribution in [0.25, 0.3) is 6.08 Å². The fourth-order valence-corrected chi connectivity index (χ4v) is 5.38. The Morgan fingerprint density at radius 3 is 2.84 bits per heavy atom. The summed E-state index contributed by atoms with van der Waals surface area (Å²) < 4.78 is 6.32. The number of allylic oxidation sites excluding steroid dienone is 3. The third kappa shape index (κ3) is 3.37. The lowest BCUT2D eigenvalue weighted by atomic mass is 9.80. The van der Waals surface area contributed by atoms with E-state index in [1.807, 2.05) is 6.07 Å². The summed E-state index contributed by atoms with van der Waals surface area (Å²) in [6, 6.07) is 14.5. The van der Waals surface area contributed by atoms with Crippen molar-refractivity contribution in [3.8, 4) is 11.5 Å². The topological polar surface area (TPSA) is 32.7 Å². The van der Waals surface area contributed by atoms with Crippen molar-refractivity contribution in [1.29, 1.82) is 0 Å². The molecular weight excluding hydrogens is 382 g/mol. The summed E-state index contributed by atoms with van der Waals surface area (Å²) in [5.41, 5.74) is 6.41. The zero-order valence-electron chi connectivity index (χ0n) is 18.7. The molecule has 0 aromatic heterocycles. The molecule has 2 heterocycles. The Labute approximate surface area is 185 Å². The SMILES string of the molecule is CCCN1c2ccccc2C(C)(C)C1/C=C/C1=C2Oc3cc(O)ccc3C=C2CCC1. The van der Waals surface area contributed by atoms with Crippen LogP contribution in [-0.2, 0) is 5.41 Å². The molecule has 0 fully saturated rings. The second kappa shape index (κ2) is 7.64. The third-order valence-corrected chi connectivity index (χ3v) is 6.94. The minimum Gasteiger partial charge on any atom is -0.508 e. The first-order valence-corrected chi connectivity index (χ1v) is 11.5. The van der Waals surface area contributed by atoms with Crippen molar-refractivity contribution < 1.29 is 9.84 Å². The molecule has 3 aliphatic rings. The number of anilines is 1. The van der Waals surface area contributed by atoms with Crippen LogP contribution in [-0.4, -0.2) is 17.7 Å². The average molecular weight is 414 g/mol. The van der Waals surface area contributed by atoms with Crippen LogP contribution in [0, 0.1) is 0 Å². The van der Waals surface area contributed by atoms with E-state index in [1.165, 1.54) is 22.4 Å². The Balaban J connectivity index is 1.51. The van der Waals surface area contributed by atoms with Crippen LogP contribution in [0.5, 0.6) is 11.5 Å². The molecule has 1 aliphatic carbocycles. The Kier molecular flexibility index (Phi) is 4.92. The smallest absolute Gasteiger partial charge is 0.138 e. The summed E-state index contributed by atoms with van der Waals surface area (Å²) in [6.07, 6.45) is 11.2. The lowest BCUT2D eigenvalue weighted by molar-refractivity contribution is 0.404. The quantitative estimate of drug-likeness (QED) is 0.602. The van der Waals surface area contributed by atoms with Gasteiger partial charge in [0.2, 0.25) is 0 Å². The molecule has 3 heteroatoms. The summed E-state index contributed by atoms with van der Waals surface area (Å²) in [5.74, 6) is 1.97. The van der Waals surface area contributed by atoms with Gasteiger partial charge < -0.3 is 14.7 Å². The van der Waals surface area contributed by atoms with Gasteiger partial charge in [-0.2, -0.15) is 0 Å². The van der Waals surface area contributed by atoms with Crippen LogP contribution in [0.1, 0.15) is 57.6 Å². The first kappa shape index (κ1) is 20.0. The van der Waals surface area contributed by atoms with Gasteiger partial charge in [-0.25, -0.2) is 0 Å². The van der Waals surface area contributed by atoms with Gasteiger partial charge in [0.25, 0.3) is 0 Å². The van der Waals surface area contributed by atoms with Gasteiger partial charge in [0.1, 0.15) is 17.3 Å². The molecule has 31 heavy (non-hydrogen) atoms. The normalized spacial score (nSPS) is 21.5. The molecule has 160 valence electrons. The number of aromatic hydroxyl groups is 1. The number of benzene rings is 2. The monoisotopic (exact) mass is 413 g/mol. The molecule has 2 aromatic rings. The highest BCUT2D eigenvalue weighted by Crippen LogP contribution is 2.46. The number of hydrogen-bond acceptors (Lipinski definition) is 3. The zero-order valence-corrected chi connectivity index (χ0v) is 18.7. The molecule has 0 spiro atoms. The number of para-hydroxylation sites is 1. The molecule has 0 saturated heterocycles. The third-order valence-electron chi connectivity index (χ3n) is 6.94. The molecule has 1 atom stereocenters.